The zero-order valence-electron chi connectivity index (χ0n) is 11.6. The molecule has 4 heteroatoms. The van der Waals surface area contributed by atoms with Gasteiger partial charge in [-0.3, -0.25) is 4.79 Å². The summed E-state index contributed by atoms with van der Waals surface area (Å²) in [5.74, 6) is -0.272. The topological polar surface area (TPSA) is 26.3 Å². The van der Waals surface area contributed by atoms with Crippen LogP contribution in [0, 0.1) is 5.92 Å². The van der Waals surface area contributed by atoms with E-state index in [-0.39, 0.29) is 17.3 Å². The van der Waals surface area contributed by atoms with E-state index in [1.165, 1.54) is 0 Å². The molecule has 1 fully saturated rings. The standard InChI is InChI=1S/C15H18Cl2O2/c1-14(2)8-9(15(3,4)19-14)13(18)12-10(16)6-5-7-11(12)17/h5-7,9H,8H2,1-4H3. The Balaban J connectivity index is 2.40. The Bertz CT molecular complexity index is 501. The van der Waals surface area contributed by atoms with Gasteiger partial charge in [0.1, 0.15) is 0 Å². The van der Waals surface area contributed by atoms with Crippen molar-refractivity contribution >= 4 is 29.0 Å². The van der Waals surface area contributed by atoms with E-state index in [9.17, 15) is 4.79 Å². The molecule has 1 saturated heterocycles. The lowest BCUT2D eigenvalue weighted by Gasteiger charge is -2.27. The van der Waals surface area contributed by atoms with Crippen LogP contribution in [0.15, 0.2) is 18.2 Å². The second-order valence-corrected chi connectivity index (χ2v) is 7.00. The molecule has 2 nitrogen and oxygen atoms in total. The molecular weight excluding hydrogens is 283 g/mol. The van der Waals surface area contributed by atoms with Crippen molar-refractivity contribution < 1.29 is 9.53 Å². The number of hydrogen-bond donors (Lipinski definition) is 0. The van der Waals surface area contributed by atoms with Gasteiger partial charge < -0.3 is 4.74 Å². The number of halogens is 2. The fourth-order valence-corrected chi connectivity index (χ4v) is 3.46. The van der Waals surface area contributed by atoms with Gasteiger partial charge in [0.15, 0.2) is 5.78 Å². The molecule has 0 radical (unpaired) electrons. The van der Waals surface area contributed by atoms with Crippen LogP contribution in [-0.4, -0.2) is 17.0 Å². The third kappa shape index (κ3) is 2.81. The van der Waals surface area contributed by atoms with Gasteiger partial charge in [0.25, 0.3) is 0 Å². The van der Waals surface area contributed by atoms with E-state index < -0.39 is 5.60 Å². The molecule has 1 unspecified atom stereocenters. The number of carbonyl (C=O) groups is 1. The van der Waals surface area contributed by atoms with Gasteiger partial charge in [-0.05, 0) is 46.2 Å². The summed E-state index contributed by atoms with van der Waals surface area (Å²) < 4.78 is 5.96. The first-order valence-electron chi connectivity index (χ1n) is 6.32. The monoisotopic (exact) mass is 300 g/mol. The summed E-state index contributed by atoms with van der Waals surface area (Å²) in [6, 6.07) is 5.12. The van der Waals surface area contributed by atoms with Crippen molar-refractivity contribution in [2.45, 2.75) is 45.3 Å². The van der Waals surface area contributed by atoms with Gasteiger partial charge in [-0.25, -0.2) is 0 Å². The van der Waals surface area contributed by atoms with E-state index in [4.69, 9.17) is 27.9 Å². The van der Waals surface area contributed by atoms with Crippen LogP contribution in [0.1, 0.15) is 44.5 Å². The molecule has 0 amide bonds. The zero-order valence-corrected chi connectivity index (χ0v) is 13.1. The van der Waals surface area contributed by atoms with Crippen molar-refractivity contribution in [1.82, 2.24) is 0 Å². The van der Waals surface area contributed by atoms with Gasteiger partial charge in [0.2, 0.25) is 0 Å². The maximum Gasteiger partial charge on any atom is 0.171 e. The quantitative estimate of drug-likeness (QED) is 0.735. The molecule has 1 heterocycles. The first kappa shape index (κ1) is 14.8. The Morgan fingerprint density at radius 2 is 1.74 bits per heavy atom. The van der Waals surface area contributed by atoms with Crippen LogP contribution in [0.5, 0.6) is 0 Å². The Hall–Kier alpha value is -0.570. The number of hydrogen-bond acceptors (Lipinski definition) is 2. The van der Waals surface area contributed by atoms with Crippen molar-refractivity contribution in [2.24, 2.45) is 5.92 Å². The lowest BCUT2D eigenvalue weighted by atomic mass is 9.81. The summed E-state index contributed by atoms with van der Waals surface area (Å²) in [7, 11) is 0. The fraction of sp³-hybridized carbons (Fsp3) is 0.533. The highest BCUT2D eigenvalue weighted by molar-refractivity contribution is 6.40. The molecule has 1 aliphatic rings. The van der Waals surface area contributed by atoms with Gasteiger partial charge in [-0.15, -0.1) is 0 Å². The molecule has 0 saturated carbocycles. The molecule has 2 rings (SSSR count). The van der Waals surface area contributed by atoms with E-state index in [2.05, 4.69) is 0 Å². The summed E-state index contributed by atoms with van der Waals surface area (Å²) in [4.78, 5) is 12.7. The number of ketones is 1. The van der Waals surface area contributed by atoms with E-state index in [0.29, 0.717) is 22.0 Å². The molecule has 0 N–H and O–H groups in total. The van der Waals surface area contributed by atoms with Gasteiger partial charge in [0, 0.05) is 0 Å². The normalized spacial score (nSPS) is 24.4. The minimum absolute atomic E-state index is 0.0359. The maximum absolute atomic E-state index is 12.7. The van der Waals surface area contributed by atoms with Crippen LogP contribution in [0.3, 0.4) is 0 Å². The third-order valence-electron chi connectivity index (χ3n) is 3.60. The molecule has 1 aromatic carbocycles. The van der Waals surface area contributed by atoms with Gasteiger partial charge in [-0.2, -0.15) is 0 Å². The highest BCUT2D eigenvalue weighted by Crippen LogP contribution is 2.44. The van der Waals surface area contributed by atoms with Crippen molar-refractivity contribution in [3.8, 4) is 0 Å². The minimum atomic E-state index is -0.511. The number of benzene rings is 1. The molecule has 104 valence electrons. The van der Waals surface area contributed by atoms with Crippen LogP contribution in [-0.2, 0) is 4.74 Å². The van der Waals surface area contributed by atoms with Crippen LogP contribution in [0.4, 0.5) is 0 Å². The molecule has 0 bridgehead atoms. The fourth-order valence-electron chi connectivity index (χ4n) is 2.88. The summed E-state index contributed by atoms with van der Waals surface area (Å²) in [5, 5.41) is 0.802. The maximum atomic E-state index is 12.7. The van der Waals surface area contributed by atoms with Crippen molar-refractivity contribution in [3.63, 3.8) is 0 Å². The largest absolute Gasteiger partial charge is 0.369 e. The molecule has 0 aliphatic carbocycles. The second-order valence-electron chi connectivity index (χ2n) is 6.18. The molecule has 0 aromatic heterocycles. The lowest BCUT2D eigenvalue weighted by molar-refractivity contribution is -0.0712. The molecule has 1 atom stereocenters. The highest BCUT2D eigenvalue weighted by Gasteiger charge is 2.49. The predicted molar refractivity (Wildman–Crippen MR) is 78.1 cm³/mol. The summed E-state index contributed by atoms with van der Waals surface area (Å²) in [6.45, 7) is 7.87. The highest BCUT2D eigenvalue weighted by atomic mass is 35.5. The van der Waals surface area contributed by atoms with Crippen LogP contribution in [0.2, 0.25) is 10.0 Å². The number of Topliss-reactive ketones (excluding diaryl/α,β-unsaturated/α-hetero) is 1. The van der Waals surface area contributed by atoms with Crippen molar-refractivity contribution in [1.29, 1.82) is 0 Å². The molecule has 1 aliphatic heterocycles. The Kier molecular flexibility index (Phi) is 3.72. The lowest BCUT2D eigenvalue weighted by Crippen LogP contribution is -2.34. The Morgan fingerprint density at radius 3 is 2.16 bits per heavy atom. The van der Waals surface area contributed by atoms with Crippen LogP contribution in [0.25, 0.3) is 0 Å². The van der Waals surface area contributed by atoms with E-state index in [1.807, 2.05) is 27.7 Å². The first-order valence-corrected chi connectivity index (χ1v) is 7.08. The minimum Gasteiger partial charge on any atom is -0.369 e. The first-order chi connectivity index (χ1) is 8.64. The van der Waals surface area contributed by atoms with Gasteiger partial charge in [-0.1, -0.05) is 29.3 Å². The molecular formula is C15H18Cl2O2. The SMILES string of the molecule is CC1(C)CC(C(=O)c2c(Cl)cccc2Cl)C(C)(C)O1. The van der Waals surface area contributed by atoms with Crippen molar-refractivity contribution in [3.05, 3.63) is 33.8 Å². The molecule has 0 spiro atoms. The molecule has 1 aromatic rings. The second kappa shape index (κ2) is 4.76. The smallest absolute Gasteiger partial charge is 0.171 e. The van der Waals surface area contributed by atoms with Gasteiger partial charge in [0.05, 0.1) is 32.7 Å². The van der Waals surface area contributed by atoms with E-state index in [0.717, 1.165) is 0 Å². The number of carbonyl (C=O) groups excluding carboxylic acids is 1. The number of ether oxygens (including phenoxy) is 1. The molecule has 19 heavy (non-hydrogen) atoms. The van der Waals surface area contributed by atoms with Crippen LogP contribution < -0.4 is 0 Å². The zero-order chi connectivity index (χ0) is 14.4. The number of rotatable bonds is 2. The third-order valence-corrected chi connectivity index (χ3v) is 4.23. The summed E-state index contributed by atoms with van der Waals surface area (Å²) in [5.41, 5.74) is -0.411. The summed E-state index contributed by atoms with van der Waals surface area (Å²) in [6.07, 6.45) is 0.667. The Morgan fingerprint density at radius 1 is 1.21 bits per heavy atom. The summed E-state index contributed by atoms with van der Waals surface area (Å²) >= 11 is 12.2. The van der Waals surface area contributed by atoms with Crippen molar-refractivity contribution in [2.75, 3.05) is 0 Å². The Labute approximate surface area is 124 Å². The van der Waals surface area contributed by atoms with Crippen LogP contribution >= 0.6 is 23.2 Å². The predicted octanol–water partition coefficient (Wildman–Crippen LogP) is 4.77. The van der Waals surface area contributed by atoms with E-state index >= 15 is 0 Å². The van der Waals surface area contributed by atoms with E-state index in [1.54, 1.807) is 18.2 Å². The average Bonchev–Trinajstić information content (AvgIpc) is 2.46. The van der Waals surface area contributed by atoms with Gasteiger partial charge >= 0.3 is 0 Å². The average molecular weight is 301 g/mol.